The Hall–Kier alpha value is -1.42. The number of thiophene rings is 1. The predicted molar refractivity (Wildman–Crippen MR) is 87.6 cm³/mol. The van der Waals surface area contributed by atoms with Crippen molar-refractivity contribution in [2.24, 2.45) is 0 Å². The second-order valence-corrected chi connectivity index (χ2v) is 7.28. The smallest absolute Gasteiger partial charge is 0.178 e. The topological polar surface area (TPSA) is 44.5 Å². The summed E-state index contributed by atoms with van der Waals surface area (Å²) in [5.41, 5.74) is 2.45. The Labute approximate surface area is 133 Å². The molecule has 0 aliphatic rings. The molecular formula is C14H10BrN3S2. The molecule has 2 heterocycles. The zero-order valence-electron chi connectivity index (χ0n) is 10.4. The van der Waals surface area contributed by atoms with Gasteiger partial charge >= 0.3 is 0 Å². The van der Waals surface area contributed by atoms with Gasteiger partial charge in [-0.2, -0.15) is 5.26 Å². The maximum Gasteiger partial charge on any atom is 0.178 e. The fraction of sp³-hybridized carbons (Fsp3) is 0.143. The van der Waals surface area contributed by atoms with Crippen LogP contribution >= 0.6 is 39.5 Å². The average Bonchev–Trinajstić information content (AvgIpc) is 2.99. The van der Waals surface area contributed by atoms with Crippen LogP contribution in [-0.4, -0.2) is 9.55 Å². The van der Waals surface area contributed by atoms with Crippen molar-refractivity contribution in [1.29, 1.82) is 5.26 Å². The number of rotatable bonds is 3. The Morgan fingerprint density at radius 2 is 2.20 bits per heavy atom. The molecule has 1 aromatic carbocycles. The van der Waals surface area contributed by atoms with Crippen molar-refractivity contribution < 1.29 is 0 Å². The zero-order valence-corrected chi connectivity index (χ0v) is 13.6. The van der Waals surface area contributed by atoms with Crippen molar-refractivity contribution in [2.75, 3.05) is 0 Å². The van der Waals surface area contributed by atoms with Gasteiger partial charge in [0.2, 0.25) is 0 Å². The number of aryl methyl sites for hydroxylation is 2. The van der Waals surface area contributed by atoms with Crippen molar-refractivity contribution in [3.63, 3.8) is 0 Å². The third-order valence-corrected chi connectivity index (χ3v) is 5.15. The molecule has 3 aromatic rings. The highest BCUT2D eigenvalue weighted by molar-refractivity contribution is 9.11. The van der Waals surface area contributed by atoms with Crippen LogP contribution in [0.15, 0.2) is 34.1 Å². The van der Waals surface area contributed by atoms with E-state index in [0.29, 0.717) is 10.3 Å². The number of aromatic amines is 1. The molecule has 0 aliphatic heterocycles. The lowest BCUT2D eigenvalue weighted by Crippen LogP contribution is -2.00. The van der Waals surface area contributed by atoms with Gasteiger partial charge in [0.1, 0.15) is 6.07 Å². The molecule has 0 aliphatic carbocycles. The minimum atomic E-state index is 0.631. The van der Waals surface area contributed by atoms with Crippen LogP contribution in [0.1, 0.15) is 10.4 Å². The van der Waals surface area contributed by atoms with Gasteiger partial charge in [-0.3, -0.25) is 0 Å². The molecule has 2 aromatic heterocycles. The summed E-state index contributed by atoms with van der Waals surface area (Å²) in [6.07, 6.45) is 0.925. The summed E-state index contributed by atoms with van der Waals surface area (Å²) in [5, 5.41) is 9.13. The Balaban J connectivity index is 1.98. The SMILES string of the molecule is N#Cc1cccc2c1[nH]c(=S)n2CCc1ccc(Br)s1. The standard InChI is InChI=1S/C14H10BrN3S2/c15-12-5-4-10(20-12)6-7-18-11-3-1-2-9(8-16)13(11)17-14(18)19/h1-5H,6-7H2,(H,17,19). The first-order chi connectivity index (χ1) is 9.69. The summed E-state index contributed by atoms with van der Waals surface area (Å²) < 4.78 is 3.86. The number of hydrogen-bond donors (Lipinski definition) is 1. The molecule has 0 bridgehead atoms. The van der Waals surface area contributed by atoms with Gasteiger partial charge in [0, 0.05) is 11.4 Å². The predicted octanol–water partition coefficient (Wildman–Crippen LogP) is 4.64. The molecule has 0 amide bonds. The van der Waals surface area contributed by atoms with E-state index in [2.05, 4.69) is 43.7 Å². The molecule has 0 saturated heterocycles. The van der Waals surface area contributed by atoms with E-state index in [-0.39, 0.29) is 0 Å². The maximum atomic E-state index is 9.13. The van der Waals surface area contributed by atoms with E-state index in [9.17, 15) is 0 Å². The molecule has 0 unspecified atom stereocenters. The zero-order chi connectivity index (χ0) is 14.1. The van der Waals surface area contributed by atoms with Gasteiger partial charge in [-0.25, -0.2) is 0 Å². The molecule has 6 heteroatoms. The number of halogens is 1. The maximum absolute atomic E-state index is 9.13. The van der Waals surface area contributed by atoms with Crippen molar-refractivity contribution in [3.05, 3.63) is 49.3 Å². The molecule has 100 valence electrons. The molecule has 3 nitrogen and oxygen atoms in total. The molecule has 0 saturated carbocycles. The number of aromatic nitrogens is 2. The van der Waals surface area contributed by atoms with Crippen LogP contribution in [0.2, 0.25) is 0 Å². The second-order valence-electron chi connectivity index (χ2n) is 4.35. The number of para-hydroxylation sites is 1. The molecular weight excluding hydrogens is 354 g/mol. The molecule has 0 radical (unpaired) electrons. The lowest BCUT2D eigenvalue weighted by molar-refractivity contribution is 0.712. The van der Waals surface area contributed by atoms with Gasteiger partial charge in [-0.15, -0.1) is 11.3 Å². The molecule has 0 spiro atoms. The van der Waals surface area contributed by atoms with Crippen LogP contribution in [0.5, 0.6) is 0 Å². The van der Waals surface area contributed by atoms with E-state index in [1.807, 2.05) is 12.1 Å². The molecule has 3 rings (SSSR count). The van der Waals surface area contributed by atoms with Gasteiger partial charge < -0.3 is 9.55 Å². The van der Waals surface area contributed by atoms with E-state index in [1.165, 1.54) is 4.88 Å². The lowest BCUT2D eigenvalue weighted by Gasteiger charge is -2.03. The highest BCUT2D eigenvalue weighted by atomic mass is 79.9. The minimum absolute atomic E-state index is 0.631. The van der Waals surface area contributed by atoms with Crippen LogP contribution in [0.25, 0.3) is 11.0 Å². The van der Waals surface area contributed by atoms with Crippen molar-refractivity contribution in [2.45, 2.75) is 13.0 Å². The molecule has 20 heavy (non-hydrogen) atoms. The normalized spacial score (nSPS) is 10.8. The van der Waals surface area contributed by atoms with Crippen LogP contribution in [0, 0.1) is 16.1 Å². The third kappa shape index (κ3) is 2.44. The largest absolute Gasteiger partial charge is 0.329 e. The minimum Gasteiger partial charge on any atom is -0.329 e. The number of imidazole rings is 1. The fourth-order valence-corrected chi connectivity index (χ4v) is 3.97. The van der Waals surface area contributed by atoms with E-state index >= 15 is 0 Å². The lowest BCUT2D eigenvalue weighted by atomic mass is 10.2. The van der Waals surface area contributed by atoms with E-state index in [4.69, 9.17) is 17.5 Å². The number of H-pyrrole nitrogens is 1. The summed E-state index contributed by atoms with van der Waals surface area (Å²) in [6, 6.07) is 12.1. The van der Waals surface area contributed by atoms with Crippen LogP contribution in [-0.2, 0) is 13.0 Å². The third-order valence-electron chi connectivity index (χ3n) is 3.14. The van der Waals surface area contributed by atoms with Crippen LogP contribution in [0.3, 0.4) is 0 Å². The van der Waals surface area contributed by atoms with Crippen molar-refractivity contribution >= 4 is 50.5 Å². The molecule has 0 atom stereocenters. The Bertz CT molecular complexity index is 867. The summed E-state index contributed by atoms with van der Waals surface area (Å²) in [7, 11) is 0. The van der Waals surface area contributed by atoms with Gasteiger partial charge in [0.05, 0.1) is 20.4 Å². The van der Waals surface area contributed by atoms with E-state index in [0.717, 1.165) is 27.8 Å². The number of fused-ring (bicyclic) bond motifs is 1. The summed E-state index contributed by atoms with van der Waals surface area (Å²) in [6.45, 7) is 0.806. The molecule has 1 N–H and O–H groups in total. The van der Waals surface area contributed by atoms with Crippen molar-refractivity contribution in [3.8, 4) is 6.07 Å². The summed E-state index contributed by atoms with van der Waals surface area (Å²) >= 11 is 10.6. The quantitative estimate of drug-likeness (QED) is 0.689. The molecule has 0 fully saturated rings. The Morgan fingerprint density at radius 3 is 2.90 bits per heavy atom. The number of nitrogens with one attached hydrogen (secondary N) is 1. The number of nitriles is 1. The first-order valence-electron chi connectivity index (χ1n) is 6.05. The first kappa shape index (κ1) is 13.6. The Kier molecular flexibility index (Phi) is 3.74. The number of hydrogen-bond acceptors (Lipinski definition) is 3. The average molecular weight is 364 g/mol. The second kappa shape index (κ2) is 5.52. The van der Waals surface area contributed by atoms with Gasteiger partial charge in [0.15, 0.2) is 4.77 Å². The number of nitrogens with zero attached hydrogens (tertiary/aromatic N) is 2. The van der Waals surface area contributed by atoms with E-state index in [1.54, 1.807) is 17.4 Å². The van der Waals surface area contributed by atoms with Gasteiger partial charge in [-0.1, -0.05) is 6.07 Å². The van der Waals surface area contributed by atoms with Gasteiger partial charge in [0.25, 0.3) is 0 Å². The van der Waals surface area contributed by atoms with Crippen LogP contribution < -0.4 is 0 Å². The van der Waals surface area contributed by atoms with Crippen LogP contribution in [0.4, 0.5) is 0 Å². The number of benzene rings is 1. The summed E-state index contributed by atoms with van der Waals surface area (Å²) in [4.78, 5) is 4.45. The highest BCUT2D eigenvalue weighted by Crippen LogP contribution is 2.24. The van der Waals surface area contributed by atoms with Crippen molar-refractivity contribution in [1.82, 2.24) is 9.55 Å². The van der Waals surface area contributed by atoms with E-state index < -0.39 is 0 Å². The first-order valence-corrected chi connectivity index (χ1v) is 8.06. The summed E-state index contributed by atoms with van der Waals surface area (Å²) in [5.74, 6) is 0. The highest BCUT2D eigenvalue weighted by Gasteiger charge is 2.08. The Morgan fingerprint density at radius 1 is 1.35 bits per heavy atom. The van der Waals surface area contributed by atoms with Gasteiger partial charge in [-0.05, 0) is 58.8 Å². The monoisotopic (exact) mass is 363 g/mol. The fourth-order valence-electron chi connectivity index (χ4n) is 2.20.